The molecule has 2 aromatic carbocycles. The van der Waals surface area contributed by atoms with Gasteiger partial charge in [0.05, 0.1) is 12.5 Å². The van der Waals surface area contributed by atoms with E-state index in [-0.39, 0.29) is 39.3 Å². The number of aromatic hydroxyl groups is 1. The van der Waals surface area contributed by atoms with E-state index in [1.54, 1.807) is 0 Å². The van der Waals surface area contributed by atoms with Crippen LogP contribution in [0.25, 0.3) is 32.9 Å². The molecule has 3 heterocycles. The van der Waals surface area contributed by atoms with E-state index in [4.69, 9.17) is 4.74 Å². The molecule has 0 spiro atoms. The lowest BCUT2D eigenvalue weighted by Crippen LogP contribution is -2.35. The van der Waals surface area contributed by atoms with Gasteiger partial charge in [0.2, 0.25) is 0 Å². The van der Waals surface area contributed by atoms with Gasteiger partial charge in [0.1, 0.15) is 22.8 Å². The number of nitrogens with zero attached hydrogens (tertiary/aromatic N) is 4. The summed E-state index contributed by atoms with van der Waals surface area (Å²) in [6.07, 6.45) is 3.50. The summed E-state index contributed by atoms with van der Waals surface area (Å²) in [5, 5.41) is 10.6. The molecule has 5 rings (SSSR count). The summed E-state index contributed by atoms with van der Waals surface area (Å²) in [4.78, 5) is 14.9. The van der Waals surface area contributed by atoms with Crippen LogP contribution in [0.5, 0.6) is 11.8 Å². The Hall–Kier alpha value is -3.62. The predicted molar refractivity (Wildman–Crippen MR) is 119 cm³/mol. The summed E-state index contributed by atoms with van der Waals surface area (Å²) in [5.41, 5.74) is -0.382. The van der Waals surface area contributed by atoms with Crippen LogP contribution in [0.1, 0.15) is 19.8 Å². The molecule has 1 fully saturated rings. The molecule has 4 aromatic rings. The maximum atomic E-state index is 15.9. The van der Waals surface area contributed by atoms with Gasteiger partial charge >= 0.3 is 6.01 Å². The molecule has 9 heteroatoms. The van der Waals surface area contributed by atoms with Crippen molar-refractivity contribution < 1.29 is 23.0 Å². The van der Waals surface area contributed by atoms with Crippen LogP contribution in [0.4, 0.5) is 19.0 Å². The Morgan fingerprint density at radius 1 is 1.12 bits per heavy atom. The minimum atomic E-state index is -1.15. The van der Waals surface area contributed by atoms with Crippen molar-refractivity contribution in [2.75, 3.05) is 25.1 Å². The van der Waals surface area contributed by atoms with E-state index in [1.807, 2.05) is 0 Å². The second-order valence-corrected chi connectivity index (χ2v) is 8.36. The number of methoxy groups -OCH3 is 1. The molecule has 0 aliphatic carbocycles. The van der Waals surface area contributed by atoms with Crippen LogP contribution >= 0.6 is 0 Å². The lowest BCUT2D eigenvalue weighted by atomic mass is 9.99. The normalized spacial score (nSPS) is 16.5. The van der Waals surface area contributed by atoms with Crippen LogP contribution in [-0.2, 0) is 0 Å². The van der Waals surface area contributed by atoms with E-state index in [0.29, 0.717) is 17.1 Å². The maximum absolute atomic E-state index is 15.9. The SMILES string of the molecule is COc1nc(N2CCCC(C)C2)c2cnc(-c3cc(O)cc4ccc(F)c(F)c34)c(F)c2n1. The quantitative estimate of drug-likeness (QED) is 0.458. The van der Waals surface area contributed by atoms with Gasteiger partial charge in [-0.2, -0.15) is 9.97 Å². The summed E-state index contributed by atoms with van der Waals surface area (Å²) in [5.74, 6) is -2.33. The Kier molecular flexibility index (Phi) is 5.19. The van der Waals surface area contributed by atoms with Gasteiger partial charge in [-0.3, -0.25) is 4.98 Å². The number of fused-ring (bicyclic) bond motifs is 2. The molecule has 6 nitrogen and oxygen atoms in total. The predicted octanol–water partition coefficient (Wildman–Crippen LogP) is 5.21. The van der Waals surface area contributed by atoms with Crippen molar-refractivity contribution in [3.63, 3.8) is 0 Å². The third-order valence-electron chi connectivity index (χ3n) is 6.03. The molecule has 1 unspecified atom stereocenters. The van der Waals surface area contributed by atoms with Crippen molar-refractivity contribution in [2.24, 2.45) is 5.92 Å². The van der Waals surface area contributed by atoms with Crippen molar-refractivity contribution in [2.45, 2.75) is 19.8 Å². The monoisotopic (exact) mass is 454 g/mol. The Morgan fingerprint density at radius 3 is 2.70 bits per heavy atom. The van der Waals surface area contributed by atoms with E-state index < -0.39 is 17.5 Å². The summed E-state index contributed by atoms with van der Waals surface area (Å²) >= 11 is 0. The number of phenolic OH excluding ortho intramolecular Hbond substituents is 1. The highest BCUT2D eigenvalue weighted by atomic mass is 19.2. The number of hydrogen-bond acceptors (Lipinski definition) is 6. The van der Waals surface area contributed by atoms with Gasteiger partial charge < -0.3 is 14.7 Å². The van der Waals surface area contributed by atoms with Gasteiger partial charge in [-0.25, -0.2) is 13.2 Å². The molecular weight excluding hydrogens is 433 g/mol. The number of benzene rings is 2. The van der Waals surface area contributed by atoms with Crippen molar-refractivity contribution >= 4 is 27.5 Å². The number of phenols is 1. The highest BCUT2D eigenvalue weighted by molar-refractivity contribution is 6.00. The molecule has 1 N–H and O–H groups in total. The Balaban J connectivity index is 1.77. The first-order valence-corrected chi connectivity index (χ1v) is 10.6. The Labute approximate surface area is 187 Å². The van der Waals surface area contributed by atoms with Crippen LogP contribution in [0.15, 0.2) is 30.5 Å². The Morgan fingerprint density at radius 2 is 1.94 bits per heavy atom. The minimum absolute atomic E-state index is 0.00947. The number of piperidine rings is 1. The van der Waals surface area contributed by atoms with Crippen LogP contribution in [0.3, 0.4) is 0 Å². The van der Waals surface area contributed by atoms with Crippen molar-refractivity contribution in [1.82, 2.24) is 15.0 Å². The number of halogens is 3. The van der Waals surface area contributed by atoms with E-state index >= 15 is 4.39 Å². The highest BCUT2D eigenvalue weighted by Gasteiger charge is 2.25. The minimum Gasteiger partial charge on any atom is -0.508 e. The molecule has 0 amide bonds. The molecule has 1 aliphatic rings. The number of hydrogen-bond donors (Lipinski definition) is 1. The first kappa shape index (κ1) is 21.2. The second kappa shape index (κ2) is 8.06. The third kappa shape index (κ3) is 3.57. The summed E-state index contributed by atoms with van der Waals surface area (Å²) < 4.78 is 49.8. The van der Waals surface area contributed by atoms with Gasteiger partial charge in [-0.15, -0.1) is 0 Å². The van der Waals surface area contributed by atoms with Gasteiger partial charge in [-0.1, -0.05) is 13.0 Å². The Bertz CT molecular complexity index is 1400. The zero-order chi connectivity index (χ0) is 23.3. The second-order valence-electron chi connectivity index (χ2n) is 8.36. The average molecular weight is 454 g/mol. The van der Waals surface area contributed by atoms with Gasteiger partial charge in [0, 0.05) is 30.2 Å². The number of anilines is 1. The fourth-order valence-corrected chi connectivity index (χ4v) is 4.49. The third-order valence-corrected chi connectivity index (χ3v) is 6.03. The maximum Gasteiger partial charge on any atom is 0.318 e. The smallest absolute Gasteiger partial charge is 0.318 e. The fraction of sp³-hybridized carbons (Fsp3) is 0.292. The van der Waals surface area contributed by atoms with Gasteiger partial charge in [-0.05, 0) is 42.3 Å². The summed E-state index contributed by atoms with van der Waals surface area (Å²) in [6, 6.07) is 4.70. The standard InChI is InChI=1S/C24H21F3N4O2/c1-12-4-3-7-31(11-12)23-16-10-28-21(20(27)22(16)29-24(30-23)33-2)15-9-14(32)8-13-5-6-17(25)19(26)18(13)15/h5-6,8-10,12,32H,3-4,7,11H2,1-2H3. The van der Waals surface area contributed by atoms with Crippen LogP contribution in [-0.4, -0.2) is 40.3 Å². The van der Waals surface area contributed by atoms with Crippen molar-refractivity contribution in [1.29, 1.82) is 0 Å². The number of ether oxygens (including phenoxy) is 1. The molecule has 1 aliphatic heterocycles. The molecule has 2 aromatic heterocycles. The van der Waals surface area contributed by atoms with E-state index in [0.717, 1.165) is 38.1 Å². The fourth-order valence-electron chi connectivity index (χ4n) is 4.49. The summed E-state index contributed by atoms with van der Waals surface area (Å²) in [6.45, 7) is 3.65. The summed E-state index contributed by atoms with van der Waals surface area (Å²) in [7, 11) is 1.39. The van der Waals surface area contributed by atoms with Gasteiger partial charge in [0.25, 0.3) is 0 Å². The highest BCUT2D eigenvalue weighted by Crippen LogP contribution is 2.38. The molecular formula is C24H21F3N4O2. The number of pyridine rings is 1. The van der Waals surface area contributed by atoms with E-state index in [2.05, 4.69) is 26.8 Å². The molecule has 1 atom stereocenters. The zero-order valence-corrected chi connectivity index (χ0v) is 18.1. The average Bonchev–Trinajstić information content (AvgIpc) is 2.80. The van der Waals surface area contributed by atoms with E-state index in [1.165, 1.54) is 25.4 Å². The van der Waals surface area contributed by atoms with Crippen LogP contribution in [0.2, 0.25) is 0 Å². The van der Waals surface area contributed by atoms with E-state index in [9.17, 15) is 13.9 Å². The van der Waals surface area contributed by atoms with Crippen molar-refractivity contribution in [3.05, 3.63) is 47.9 Å². The molecule has 1 saturated heterocycles. The molecule has 0 bridgehead atoms. The topological polar surface area (TPSA) is 71.4 Å². The number of rotatable bonds is 3. The first-order chi connectivity index (χ1) is 15.9. The number of aromatic nitrogens is 3. The van der Waals surface area contributed by atoms with Crippen LogP contribution < -0.4 is 9.64 Å². The van der Waals surface area contributed by atoms with Gasteiger partial charge in [0.15, 0.2) is 17.5 Å². The molecule has 33 heavy (non-hydrogen) atoms. The molecule has 0 radical (unpaired) electrons. The zero-order valence-electron chi connectivity index (χ0n) is 18.1. The molecule has 0 saturated carbocycles. The lowest BCUT2D eigenvalue weighted by Gasteiger charge is -2.32. The lowest BCUT2D eigenvalue weighted by molar-refractivity contribution is 0.379. The van der Waals surface area contributed by atoms with Crippen LogP contribution in [0, 0.1) is 23.4 Å². The molecule has 170 valence electrons. The largest absolute Gasteiger partial charge is 0.508 e. The van der Waals surface area contributed by atoms with Crippen molar-refractivity contribution in [3.8, 4) is 23.0 Å². The first-order valence-electron chi connectivity index (χ1n) is 10.6.